The standard InChI is InChI=1S/C42H41N3O8/c1-45(2)37(47)21-18-28-16-19-30(20-17-28)41(50)51-35-25-32(40(49)44-27-29-10-9-11-31(24-29)39(48)43-22-23-46)26-36-38(35)53-42(52-36,33-12-5-3-6-13-33)34-14-7-4-8-15-34/h3-21,24,26,35-36,38,46H,22-23,25,27H2,1-2H3,(H,43,48)(H,44,49)/t35-,36-,38+/m1/s1. The van der Waals surface area contributed by atoms with Crippen molar-refractivity contribution in [1.82, 2.24) is 15.5 Å². The van der Waals surface area contributed by atoms with E-state index in [1.54, 1.807) is 74.8 Å². The van der Waals surface area contributed by atoms with Gasteiger partial charge in [0, 0.05) is 61.9 Å². The molecule has 3 amide bonds. The van der Waals surface area contributed by atoms with E-state index in [1.165, 1.54) is 11.0 Å². The molecule has 0 aromatic heterocycles. The van der Waals surface area contributed by atoms with Crippen molar-refractivity contribution in [2.75, 3.05) is 27.2 Å². The molecule has 0 spiro atoms. The summed E-state index contributed by atoms with van der Waals surface area (Å²) in [7, 11) is 3.33. The van der Waals surface area contributed by atoms with Crippen molar-refractivity contribution in [1.29, 1.82) is 0 Å². The summed E-state index contributed by atoms with van der Waals surface area (Å²) in [4.78, 5) is 53.3. The van der Waals surface area contributed by atoms with Gasteiger partial charge in [-0.3, -0.25) is 14.4 Å². The molecule has 272 valence electrons. The Hall–Kier alpha value is -5.88. The Labute approximate surface area is 307 Å². The van der Waals surface area contributed by atoms with Gasteiger partial charge in [0.25, 0.3) is 5.91 Å². The summed E-state index contributed by atoms with van der Waals surface area (Å²) < 4.78 is 19.7. The van der Waals surface area contributed by atoms with Gasteiger partial charge in [-0.15, -0.1) is 0 Å². The Balaban J connectivity index is 1.26. The summed E-state index contributed by atoms with van der Waals surface area (Å²) in [5.74, 6) is -2.83. The molecule has 4 aromatic rings. The number of rotatable bonds is 12. The Morgan fingerprint density at radius 2 is 1.51 bits per heavy atom. The van der Waals surface area contributed by atoms with Crippen molar-refractivity contribution < 1.29 is 38.5 Å². The molecule has 0 unspecified atom stereocenters. The van der Waals surface area contributed by atoms with Crippen LogP contribution in [0.3, 0.4) is 0 Å². The topological polar surface area (TPSA) is 144 Å². The van der Waals surface area contributed by atoms with Crippen LogP contribution in [0.25, 0.3) is 6.08 Å². The van der Waals surface area contributed by atoms with E-state index in [0.29, 0.717) is 16.7 Å². The quantitative estimate of drug-likeness (QED) is 0.145. The van der Waals surface area contributed by atoms with E-state index in [2.05, 4.69) is 10.6 Å². The molecule has 1 aliphatic carbocycles. The fraction of sp³-hybridized carbons (Fsp3) is 0.238. The molecule has 6 rings (SSSR count). The SMILES string of the molecule is CN(C)C(=O)C=Cc1ccc(C(=O)O[C@@H]2CC(C(=O)NCc3cccc(C(=O)NCCO)c3)=C[C@H]3OC(c4ccccc4)(c4ccccc4)O[C@H]32)cc1. The maximum atomic E-state index is 13.8. The molecule has 53 heavy (non-hydrogen) atoms. The molecule has 4 aromatic carbocycles. The number of aliphatic hydroxyl groups is 1. The van der Waals surface area contributed by atoms with Crippen LogP contribution in [0.1, 0.15) is 49.4 Å². The molecular weight excluding hydrogens is 674 g/mol. The number of carbonyl (C=O) groups excluding carboxylic acids is 4. The van der Waals surface area contributed by atoms with Gasteiger partial charge in [0.1, 0.15) is 18.3 Å². The van der Waals surface area contributed by atoms with E-state index < -0.39 is 30.1 Å². The lowest BCUT2D eigenvalue weighted by molar-refractivity contribution is -0.157. The number of benzene rings is 4. The smallest absolute Gasteiger partial charge is 0.338 e. The Bertz CT molecular complexity index is 1950. The van der Waals surface area contributed by atoms with Gasteiger partial charge in [-0.1, -0.05) is 84.9 Å². The zero-order valence-corrected chi connectivity index (χ0v) is 29.4. The summed E-state index contributed by atoms with van der Waals surface area (Å²) in [5, 5.41) is 14.6. The van der Waals surface area contributed by atoms with E-state index in [9.17, 15) is 19.2 Å². The summed E-state index contributed by atoms with van der Waals surface area (Å²) in [6.07, 6.45) is 2.48. The normalized spacial score (nSPS) is 18.8. The van der Waals surface area contributed by atoms with Crippen LogP contribution in [0.2, 0.25) is 0 Å². The summed E-state index contributed by atoms with van der Waals surface area (Å²) in [5.41, 5.74) is 3.95. The predicted octanol–water partition coefficient (Wildman–Crippen LogP) is 4.37. The van der Waals surface area contributed by atoms with Gasteiger partial charge in [0.15, 0.2) is 0 Å². The second-order valence-electron chi connectivity index (χ2n) is 12.9. The fourth-order valence-electron chi connectivity index (χ4n) is 6.23. The summed E-state index contributed by atoms with van der Waals surface area (Å²) >= 11 is 0. The molecule has 1 heterocycles. The monoisotopic (exact) mass is 715 g/mol. The predicted molar refractivity (Wildman–Crippen MR) is 197 cm³/mol. The van der Waals surface area contributed by atoms with Gasteiger partial charge in [0.05, 0.1) is 12.2 Å². The minimum atomic E-state index is -1.35. The van der Waals surface area contributed by atoms with E-state index >= 15 is 0 Å². The Morgan fingerprint density at radius 1 is 0.830 bits per heavy atom. The number of likely N-dealkylation sites (N-methyl/N-ethyl adjacent to an activating group) is 1. The highest BCUT2D eigenvalue weighted by atomic mass is 16.8. The molecule has 3 N–H and O–H groups in total. The van der Waals surface area contributed by atoms with Crippen LogP contribution in [0.4, 0.5) is 0 Å². The second-order valence-corrected chi connectivity index (χ2v) is 12.9. The highest BCUT2D eigenvalue weighted by Crippen LogP contribution is 2.47. The molecule has 1 aliphatic heterocycles. The first-order chi connectivity index (χ1) is 25.7. The zero-order chi connectivity index (χ0) is 37.4. The van der Waals surface area contributed by atoms with Crippen LogP contribution < -0.4 is 10.6 Å². The highest BCUT2D eigenvalue weighted by Gasteiger charge is 2.55. The van der Waals surface area contributed by atoms with Crippen LogP contribution in [0.15, 0.2) is 127 Å². The molecule has 0 radical (unpaired) electrons. The number of nitrogens with zero attached hydrogens (tertiary/aromatic N) is 1. The molecule has 1 fully saturated rings. The van der Waals surface area contributed by atoms with Crippen LogP contribution in [0, 0.1) is 0 Å². The number of hydrogen-bond donors (Lipinski definition) is 3. The van der Waals surface area contributed by atoms with E-state index in [0.717, 1.165) is 16.7 Å². The van der Waals surface area contributed by atoms with Crippen LogP contribution in [0.5, 0.6) is 0 Å². The molecular formula is C42H41N3O8. The van der Waals surface area contributed by atoms with E-state index in [-0.39, 0.29) is 49.4 Å². The lowest BCUT2D eigenvalue weighted by atomic mass is 9.91. The lowest BCUT2D eigenvalue weighted by Crippen LogP contribution is -2.43. The average molecular weight is 716 g/mol. The highest BCUT2D eigenvalue weighted by molar-refractivity contribution is 5.95. The van der Waals surface area contributed by atoms with Crippen LogP contribution in [-0.2, 0) is 36.1 Å². The number of nitrogens with one attached hydrogen (secondary N) is 2. The van der Waals surface area contributed by atoms with E-state index in [4.69, 9.17) is 19.3 Å². The van der Waals surface area contributed by atoms with Crippen molar-refractivity contribution >= 4 is 29.8 Å². The minimum Gasteiger partial charge on any atom is -0.456 e. The molecule has 2 aliphatic rings. The van der Waals surface area contributed by atoms with Crippen molar-refractivity contribution in [3.8, 4) is 0 Å². The van der Waals surface area contributed by atoms with Gasteiger partial charge in [-0.2, -0.15) is 0 Å². The Kier molecular flexibility index (Phi) is 11.6. The third kappa shape index (κ3) is 8.61. The molecule has 0 bridgehead atoms. The fourth-order valence-corrected chi connectivity index (χ4v) is 6.23. The average Bonchev–Trinajstić information content (AvgIpc) is 3.60. The first kappa shape index (κ1) is 36.9. The van der Waals surface area contributed by atoms with Crippen LogP contribution >= 0.6 is 0 Å². The maximum absolute atomic E-state index is 13.8. The molecule has 3 atom stereocenters. The molecule has 1 saturated heterocycles. The maximum Gasteiger partial charge on any atom is 0.338 e. The first-order valence-corrected chi connectivity index (χ1v) is 17.3. The third-order valence-electron chi connectivity index (χ3n) is 8.98. The molecule has 11 heteroatoms. The number of carbonyl (C=O) groups is 4. The number of esters is 1. The van der Waals surface area contributed by atoms with Gasteiger partial charge >= 0.3 is 5.97 Å². The number of aliphatic hydroxyl groups excluding tert-OH is 1. The molecule has 11 nitrogen and oxygen atoms in total. The first-order valence-electron chi connectivity index (χ1n) is 17.3. The van der Waals surface area contributed by atoms with Gasteiger partial charge in [-0.05, 0) is 47.5 Å². The van der Waals surface area contributed by atoms with Gasteiger partial charge in [0.2, 0.25) is 17.6 Å². The third-order valence-corrected chi connectivity index (χ3v) is 8.98. The lowest BCUT2D eigenvalue weighted by Gasteiger charge is -2.31. The van der Waals surface area contributed by atoms with Crippen LogP contribution in [-0.4, -0.2) is 79.3 Å². The minimum absolute atomic E-state index is 0.0544. The summed E-state index contributed by atoms with van der Waals surface area (Å²) in [6, 6.07) is 32.5. The van der Waals surface area contributed by atoms with Gasteiger partial charge < -0.3 is 34.9 Å². The van der Waals surface area contributed by atoms with E-state index in [1.807, 2.05) is 60.7 Å². The van der Waals surface area contributed by atoms with Crippen molar-refractivity contribution in [2.45, 2.75) is 37.1 Å². The van der Waals surface area contributed by atoms with Gasteiger partial charge in [-0.25, -0.2) is 4.79 Å². The van der Waals surface area contributed by atoms with Crippen molar-refractivity contribution in [3.63, 3.8) is 0 Å². The van der Waals surface area contributed by atoms with Crippen molar-refractivity contribution in [3.05, 3.63) is 160 Å². The molecule has 0 saturated carbocycles. The number of amides is 3. The number of hydrogen-bond acceptors (Lipinski definition) is 8. The Morgan fingerprint density at radius 3 is 2.15 bits per heavy atom. The summed E-state index contributed by atoms with van der Waals surface area (Å²) in [6.45, 7) is 0.0864. The number of ether oxygens (including phenoxy) is 3. The largest absolute Gasteiger partial charge is 0.456 e. The van der Waals surface area contributed by atoms with Crippen molar-refractivity contribution in [2.24, 2.45) is 0 Å². The zero-order valence-electron chi connectivity index (χ0n) is 29.4. The second kappa shape index (κ2) is 16.6. The number of fused-ring (bicyclic) bond motifs is 1.